The first kappa shape index (κ1) is 16.2. The minimum Gasteiger partial charge on any atom is -0.381 e. The molecule has 20 heavy (non-hydrogen) atoms. The molecule has 2 unspecified atom stereocenters. The van der Waals surface area contributed by atoms with E-state index in [1.165, 1.54) is 12.8 Å². The summed E-state index contributed by atoms with van der Waals surface area (Å²) in [6, 6.07) is 0.327. The van der Waals surface area contributed by atoms with Crippen molar-refractivity contribution in [2.45, 2.75) is 51.1 Å². The highest BCUT2D eigenvalue weighted by atomic mass is 16.5. The van der Waals surface area contributed by atoms with Crippen LogP contribution in [0.3, 0.4) is 0 Å². The van der Waals surface area contributed by atoms with Gasteiger partial charge in [0.25, 0.3) is 0 Å². The summed E-state index contributed by atoms with van der Waals surface area (Å²) in [5.74, 6) is 6.65. The van der Waals surface area contributed by atoms with Crippen LogP contribution < -0.4 is 11.3 Å². The lowest BCUT2D eigenvalue weighted by molar-refractivity contribution is -0.0386. The standard InChI is InChI=1S/C15H31N3O2/c1-3-15(2,18-6-10-20-11-7-18)14(17-16)12-13-4-8-19-9-5-13/h13-14,17H,3-12,16H2,1-2H3. The summed E-state index contributed by atoms with van der Waals surface area (Å²) >= 11 is 0. The third-order valence-electron chi connectivity index (χ3n) is 5.31. The van der Waals surface area contributed by atoms with Gasteiger partial charge in [-0.1, -0.05) is 6.92 Å². The van der Waals surface area contributed by atoms with Gasteiger partial charge in [-0.25, -0.2) is 0 Å². The average Bonchev–Trinajstić information content (AvgIpc) is 2.53. The third kappa shape index (κ3) is 3.71. The van der Waals surface area contributed by atoms with Crippen LogP contribution in [-0.2, 0) is 9.47 Å². The molecule has 2 atom stereocenters. The molecule has 2 saturated heterocycles. The van der Waals surface area contributed by atoms with Crippen LogP contribution in [-0.4, -0.2) is 56.0 Å². The molecule has 0 aromatic rings. The molecule has 0 aromatic heterocycles. The van der Waals surface area contributed by atoms with E-state index in [1.807, 2.05) is 0 Å². The first-order chi connectivity index (χ1) is 9.70. The van der Waals surface area contributed by atoms with Crippen molar-refractivity contribution in [3.05, 3.63) is 0 Å². The Balaban J connectivity index is 2.00. The van der Waals surface area contributed by atoms with E-state index in [4.69, 9.17) is 15.3 Å². The highest BCUT2D eigenvalue weighted by molar-refractivity contribution is 4.97. The Morgan fingerprint density at radius 3 is 2.35 bits per heavy atom. The molecule has 0 saturated carbocycles. The summed E-state index contributed by atoms with van der Waals surface area (Å²) in [4.78, 5) is 2.56. The van der Waals surface area contributed by atoms with Gasteiger partial charge in [-0.2, -0.15) is 0 Å². The lowest BCUT2D eigenvalue weighted by Crippen LogP contribution is -2.63. The topological polar surface area (TPSA) is 59.8 Å². The Hall–Kier alpha value is -0.200. The van der Waals surface area contributed by atoms with Gasteiger partial charge in [0.1, 0.15) is 0 Å². The molecular weight excluding hydrogens is 254 g/mol. The molecule has 2 aliphatic heterocycles. The number of nitrogens with two attached hydrogens (primary N) is 1. The normalized spacial score (nSPS) is 27.1. The molecule has 2 aliphatic rings. The van der Waals surface area contributed by atoms with Gasteiger partial charge in [0.15, 0.2) is 0 Å². The van der Waals surface area contributed by atoms with Gasteiger partial charge in [-0.3, -0.25) is 16.2 Å². The SMILES string of the molecule is CCC(C)(C(CC1CCOCC1)NN)N1CCOCC1. The number of morpholine rings is 1. The largest absolute Gasteiger partial charge is 0.381 e. The molecule has 5 heteroatoms. The molecule has 3 N–H and O–H groups in total. The van der Waals surface area contributed by atoms with Crippen LogP contribution in [0, 0.1) is 5.92 Å². The van der Waals surface area contributed by atoms with Crippen molar-refractivity contribution in [1.82, 2.24) is 10.3 Å². The van der Waals surface area contributed by atoms with E-state index in [1.54, 1.807) is 0 Å². The monoisotopic (exact) mass is 285 g/mol. The van der Waals surface area contributed by atoms with Gasteiger partial charge in [-0.05, 0) is 38.5 Å². The van der Waals surface area contributed by atoms with Crippen molar-refractivity contribution in [1.29, 1.82) is 0 Å². The number of hydrazine groups is 1. The quantitative estimate of drug-likeness (QED) is 0.566. The molecule has 0 amide bonds. The molecular formula is C15H31N3O2. The van der Waals surface area contributed by atoms with E-state index in [9.17, 15) is 0 Å². The Morgan fingerprint density at radius 1 is 1.20 bits per heavy atom. The summed E-state index contributed by atoms with van der Waals surface area (Å²) in [6.07, 6.45) is 4.58. The maximum Gasteiger partial charge on any atom is 0.0594 e. The van der Waals surface area contributed by atoms with Gasteiger partial charge in [0.05, 0.1) is 13.2 Å². The smallest absolute Gasteiger partial charge is 0.0594 e. The fourth-order valence-electron chi connectivity index (χ4n) is 3.58. The van der Waals surface area contributed by atoms with Crippen LogP contribution in [0.2, 0.25) is 0 Å². The van der Waals surface area contributed by atoms with Gasteiger partial charge in [0.2, 0.25) is 0 Å². The van der Waals surface area contributed by atoms with E-state index in [-0.39, 0.29) is 5.54 Å². The van der Waals surface area contributed by atoms with Crippen molar-refractivity contribution < 1.29 is 9.47 Å². The summed E-state index contributed by atoms with van der Waals surface area (Å²) in [7, 11) is 0. The zero-order valence-electron chi connectivity index (χ0n) is 13.1. The molecule has 0 spiro atoms. The predicted octanol–water partition coefficient (Wildman–Crippen LogP) is 1.14. The van der Waals surface area contributed by atoms with Crippen LogP contribution in [0.1, 0.15) is 39.5 Å². The van der Waals surface area contributed by atoms with Gasteiger partial charge >= 0.3 is 0 Å². The van der Waals surface area contributed by atoms with Crippen molar-refractivity contribution in [2.75, 3.05) is 39.5 Å². The zero-order chi connectivity index (χ0) is 14.4. The van der Waals surface area contributed by atoms with Gasteiger partial charge in [0, 0.05) is 37.9 Å². The van der Waals surface area contributed by atoms with E-state index >= 15 is 0 Å². The Morgan fingerprint density at radius 2 is 1.80 bits per heavy atom. The summed E-state index contributed by atoms with van der Waals surface area (Å²) < 4.78 is 11.0. The molecule has 118 valence electrons. The van der Waals surface area contributed by atoms with Crippen molar-refractivity contribution in [2.24, 2.45) is 11.8 Å². The molecule has 2 heterocycles. The Bertz CT molecular complexity index is 278. The number of hydrogen-bond donors (Lipinski definition) is 2. The summed E-state index contributed by atoms with van der Waals surface area (Å²) in [5.41, 5.74) is 3.22. The maximum absolute atomic E-state index is 5.92. The van der Waals surface area contributed by atoms with Crippen molar-refractivity contribution >= 4 is 0 Å². The predicted molar refractivity (Wildman–Crippen MR) is 80.4 cm³/mol. The average molecular weight is 285 g/mol. The van der Waals surface area contributed by atoms with Crippen LogP contribution in [0.5, 0.6) is 0 Å². The van der Waals surface area contributed by atoms with Crippen LogP contribution in [0.4, 0.5) is 0 Å². The number of hydrogen-bond acceptors (Lipinski definition) is 5. The highest BCUT2D eigenvalue weighted by Gasteiger charge is 2.39. The second-order valence-electron chi connectivity index (χ2n) is 6.32. The van der Waals surface area contributed by atoms with Crippen molar-refractivity contribution in [3.63, 3.8) is 0 Å². The molecule has 5 nitrogen and oxygen atoms in total. The van der Waals surface area contributed by atoms with Gasteiger partial charge in [-0.15, -0.1) is 0 Å². The second kappa shape index (κ2) is 7.71. The third-order valence-corrected chi connectivity index (χ3v) is 5.31. The van der Waals surface area contributed by atoms with Gasteiger partial charge < -0.3 is 9.47 Å². The summed E-state index contributed by atoms with van der Waals surface area (Å²) in [6.45, 7) is 10.1. The molecule has 0 aromatic carbocycles. The number of ether oxygens (including phenoxy) is 2. The van der Waals surface area contributed by atoms with E-state index < -0.39 is 0 Å². The number of nitrogens with zero attached hydrogens (tertiary/aromatic N) is 1. The van der Waals surface area contributed by atoms with E-state index in [2.05, 4.69) is 24.2 Å². The zero-order valence-corrected chi connectivity index (χ0v) is 13.1. The molecule has 0 bridgehead atoms. The van der Waals surface area contributed by atoms with E-state index in [0.717, 1.165) is 58.3 Å². The molecule has 0 radical (unpaired) electrons. The fraction of sp³-hybridized carbons (Fsp3) is 1.00. The van der Waals surface area contributed by atoms with Crippen molar-refractivity contribution in [3.8, 4) is 0 Å². The Kier molecular flexibility index (Phi) is 6.23. The minimum atomic E-state index is 0.108. The number of rotatable bonds is 6. The molecule has 0 aliphatic carbocycles. The first-order valence-electron chi connectivity index (χ1n) is 8.07. The van der Waals surface area contributed by atoms with Crippen LogP contribution in [0.25, 0.3) is 0 Å². The first-order valence-corrected chi connectivity index (χ1v) is 8.07. The maximum atomic E-state index is 5.92. The Labute approximate surface area is 123 Å². The number of nitrogens with one attached hydrogen (secondary N) is 1. The second-order valence-corrected chi connectivity index (χ2v) is 6.32. The lowest BCUT2D eigenvalue weighted by atomic mass is 9.80. The van der Waals surface area contributed by atoms with Crippen LogP contribution >= 0.6 is 0 Å². The lowest BCUT2D eigenvalue weighted by Gasteiger charge is -2.48. The fourth-order valence-corrected chi connectivity index (χ4v) is 3.58. The molecule has 2 rings (SSSR count). The van der Waals surface area contributed by atoms with E-state index in [0.29, 0.717) is 6.04 Å². The highest BCUT2D eigenvalue weighted by Crippen LogP contribution is 2.31. The summed E-state index contributed by atoms with van der Waals surface area (Å²) in [5, 5.41) is 0. The molecule has 2 fully saturated rings. The minimum absolute atomic E-state index is 0.108. The van der Waals surface area contributed by atoms with Crippen LogP contribution in [0.15, 0.2) is 0 Å².